The largest absolute Gasteiger partial charge is 0.501 e. The quantitative estimate of drug-likeness (QED) is 0.378. The molecule has 9 heteroatoms. The molecular formula is C19H15BrN2O5S. The molecule has 1 saturated heterocycles. The van der Waals surface area contributed by atoms with E-state index in [2.05, 4.69) is 15.9 Å². The summed E-state index contributed by atoms with van der Waals surface area (Å²) in [6.45, 7) is 0.302. The molecule has 2 aromatic rings. The molecule has 28 heavy (non-hydrogen) atoms. The van der Waals surface area contributed by atoms with Crippen LogP contribution in [0.1, 0.15) is 17.5 Å². The van der Waals surface area contributed by atoms with Gasteiger partial charge in [-0.05, 0) is 63.8 Å². The number of nitro groups is 1. The van der Waals surface area contributed by atoms with Crippen LogP contribution >= 0.6 is 27.7 Å². The zero-order valence-electron chi connectivity index (χ0n) is 14.5. The number of thioether (sulfide) groups is 1. The van der Waals surface area contributed by atoms with E-state index >= 15 is 0 Å². The van der Waals surface area contributed by atoms with E-state index in [-0.39, 0.29) is 14.6 Å². The van der Waals surface area contributed by atoms with Crippen molar-refractivity contribution in [3.05, 3.63) is 73.1 Å². The van der Waals surface area contributed by atoms with Gasteiger partial charge in [-0.15, -0.1) is 0 Å². The molecule has 0 aromatic heterocycles. The number of aryl methyl sites for hydroxylation is 1. The van der Waals surface area contributed by atoms with E-state index in [9.17, 15) is 24.8 Å². The molecule has 0 atom stereocenters. The summed E-state index contributed by atoms with van der Waals surface area (Å²) < 4.78 is 0.134. The molecule has 0 saturated carbocycles. The molecule has 1 heterocycles. The third-order valence-corrected chi connectivity index (χ3v) is 5.64. The van der Waals surface area contributed by atoms with Crippen molar-refractivity contribution in [2.24, 2.45) is 0 Å². The van der Waals surface area contributed by atoms with Crippen molar-refractivity contribution in [3.8, 4) is 5.75 Å². The molecule has 1 aliphatic rings. The lowest BCUT2D eigenvalue weighted by Crippen LogP contribution is -2.29. The number of imide groups is 1. The summed E-state index contributed by atoms with van der Waals surface area (Å²) in [5.41, 5.74) is 0.986. The van der Waals surface area contributed by atoms with Gasteiger partial charge < -0.3 is 5.11 Å². The van der Waals surface area contributed by atoms with Crippen LogP contribution in [0.25, 0.3) is 6.08 Å². The highest BCUT2D eigenvalue weighted by molar-refractivity contribution is 9.10. The number of carbonyl (C=O) groups excluding carboxylic acids is 2. The average molecular weight is 463 g/mol. The zero-order valence-corrected chi connectivity index (χ0v) is 16.9. The van der Waals surface area contributed by atoms with Crippen LogP contribution in [-0.4, -0.2) is 32.6 Å². The van der Waals surface area contributed by atoms with Gasteiger partial charge in [0.15, 0.2) is 0 Å². The van der Waals surface area contributed by atoms with Gasteiger partial charge in [-0.25, -0.2) is 0 Å². The number of phenolic OH excluding ortho intramolecular Hbond substituents is 1. The van der Waals surface area contributed by atoms with Gasteiger partial charge >= 0.3 is 5.69 Å². The maximum atomic E-state index is 12.6. The van der Waals surface area contributed by atoms with Gasteiger partial charge in [-0.3, -0.25) is 24.6 Å². The Morgan fingerprint density at radius 1 is 1.21 bits per heavy atom. The molecule has 1 aliphatic heterocycles. The second-order valence-electron chi connectivity index (χ2n) is 6.05. The van der Waals surface area contributed by atoms with Crippen molar-refractivity contribution >= 4 is 50.6 Å². The van der Waals surface area contributed by atoms with Gasteiger partial charge in [0.05, 0.1) is 14.3 Å². The lowest BCUT2D eigenvalue weighted by Gasteiger charge is -2.12. The van der Waals surface area contributed by atoms with Crippen LogP contribution in [0.2, 0.25) is 0 Å². The predicted molar refractivity (Wildman–Crippen MR) is 110 cm³/mol. The number of phenols is 1. The first-order valence-electron chi connectivity index (χ1n) is 8.33. The summed E-state index contributed by atoms with van der Waals surface area (Å²) in [7, 11) is 0. The highest BCUT2D eigenvalue weighted by atomic mass is 79.9. The first-order valence-corrected chi connectivity index (χ1v) is 9.94. The van der Waals surface area contributed by atoms with Crippen molar-refractivity contribution in [2.45, 2.75) is 12.8 Å². The Bertz CT molecular complexity index is 978. The number of halogens is 1. The van der Waals surface area contributed by atoms with Gasteiger partial charge in [-0.2, -0.15) is 0 Å². The number of hydrogen-bond acceptors (Lipinski definition) is 6. The minimum Gasteiger partial charge on any atom is -0.501 e. The molecule has 7 nitrogen and oxygen atoms in total. The molecule has 0 unspecified atom stereocenters. The Morgan fingerprint density at radius 2 is 1.93 bits per heavy atom. The fraction of sp³-hybridized carbons (Fsp3) is 0.158. The van der Waals surface area contributed by atoms with Gasteiger partial charge in [-0.1, -0.05) is 30.3 Å². The van der Waals surface area contributed by atoms with Crippen LogP contribution in [0.3, 0.4) is 0 Å². The standard InChI is InChI=1S/C19H15BrN2O5S/c20-14-9-13(10-15(17(14)23)22(26)27)11-16-18(24)21(19(25)28-16)8-4-7-12-5-2-1-3-6-12/h1-3,5-6,9-11,23H,4,7-8H2/b16-11+. The molecule has 2 amide bonds. The summed E-state index contributed by atoms with van der Waals surface area (Å²) in [5.74, 6) is -0.911. The van der Waals surface area contributed by atoms with Gasteiger partial charge in [0, 0.05) is 12.6 Å². The normalized spacial score (nSPS) is 15.5. The van der Waals surface area contributed by atoms with Crippen LogP contribution < -0.4 is 0 Å². The van der Waals surface area contributed by atoms with Crippen molar-refractivity contribution in [3.63, 3.8) is 0 Å². The Hall–Kier alpha value is -2.65. The fourth-order valence-corrected chi connectivity index (χ4v) is 4.09. The van der Waals surface area contributed by atoms with Crippen molar-refractivity contribution in [2.75, 3.05) is 6.54 Å². The zero-order chi connectivity index (χ0) is 20.3. The van der Waals surface area contributed by atoms with E-state index < -0.39 is 22.3 Å². The molecule has 0 spiro atoms. The van der Waals surface area contributed by atoms with E-state index in [1.807, 2.05) is 30.3 Å². The highest BCUT2D eigenvalue weighted by Gasteiger charge is 2.34. The van der Waals surface area contributed by atoms with Crippen molar-refractivity contribution in [1.29, 1.82) is 0 Å². The summed E-state index contributed by atoms with van der Waals surface area (Å²) in [5, 5.41) is 20.4. The Labute approximate surface area is 173 Å². The molecule has 1 fully saturated rings. The number of carbonyl (C=O) groups is 2. The lowest BCUT2D eigenvalue weighted by molar-refractivity contribution is -0.386. The Balaban J connectivity index is 1.73. The van der Waals surface area contributed by atoms with Gasteiger partial charge in [0.1, 0.15) is 0 Å². The van der Waals surface area contributed by atoms with Crippen molar-refractivity contribution < 1.29 is 19.6 Å². The number of nitro benzene ring substituents is 1. The van der Waals surface area contributed by atoms with Crippen LogP contribution in [0, 0.1) is 10.1 Å². The molecule has 2 aromatic carbocycles. The minimum absolute atomic E-state index is 0.134. The van der Waals surface area contributed by atoms with E-state index in [4.69, 9.17) is 0 Å². The number of aromatic hydroxyl groups is 1. The SMILES string of the molecule is O=C1S/C(=C/c2cc(Br)c(O)c([N+](=O)[O-])c2)C(=O)N1CCCc1ccccc1. The summed E-state index contributed by atoms with van der Waals surface area (Å²) in [6, 6.07) is 12.4. The van der Waals surface area contributed by atoms with E-state index in [0.717, 1.165) is 29.8 Å². The molecule has 1 N–H and O–H groups in total. The summed E-state index contributed by atoms with van der Waals surface area (Å²) in [6.07, 6.45) is 2.81. The fourth-order valence-electron chi connectivity index (χ4n) is 2.76. The molecule has 144 valence electrons. The topological polar surface area (TPSA) is 101 Å². The van der Waals surface area contributed by atoms with Crippen molar-refractivity contribution in [1.82, 2.24) is 4.90 Å². The average Bonchev–Trinajstić information content (AvgIpc) is 2.92. The second kappa shape index (κ2) is 8.57. The Morgan fingerprint density at radius 3 is 2.61 bits per heavy atom. The van der Waals surface area contributed by atoms with Gasteiger partial charge in [0.25, 0.3) is 11.1 Å². The number of rotatable bonds is 6. The third kappa shape index (κ3) is 4.42. The van der Waals surface area contributed by atoms with Crippen LogP contribution in [-0.2, 0) is 11.2 Å². The first kappa shape index (κ1) is 20.1. The third-order valence-electron chi connectivity index (χ3n) is 4.12. The molecule has 0 bridgehead atoms. The lowest BCUT2D eigenvalue weighted by atomic mass is 10.1. The summed E-state index contributed by atoms with van der Waals surface area (Å²) in [4.78, 5) is 36.4. The molecular weight excluding hydrogens is 448 g/mol. The molecule has 3 rings (SSSR count). The maximum absolute atomic E-state index is 12.6. The first-order chi connectivity index (χ1) is 13.4. The minimum atomic E-state index is -0.716. The second-order valence-corrected chi connectivity index (χ2v) is 7.90. The van der Waals surface area contributed by atoms with Gasteiger partial charge in [0.2, 0.25) is 5.75 Å². The monoisotopic (exact) mass is 462 g/mol. The van der Waals surface area contributed by atoms with E-state index in [0.29, 0.717) is 18.5 Å². The van der Waals surface area contributed by atoms with E-state index in [1.54, 1.807) is 0 Å². The number of hydrogen-bond donors (Lipinski definition) is 1. The summed E-state index contributed by atoms with van der Waals surface area (Å²) >= 11 is 3.86. The Kier molecular flexibility index (Phi) is 6.15. The van der Waals surface area contributed by atoms with Crippen LogP contribution in [0.5, 0.6) is 5.75 Å². The smallest absolute Gasteiger partial charge is 0.312 e. The molecule has 0 aliphatic carbocycles. The maximum Gasteiger partial charge on any atom is 0.312 e. The number of nitrogens with zero attached hydrogens (tertiary/aromatic N) is 2. The van der Waals surface area contributed by atoms with E-state index in [1.165, 1.54) is 17.0 Å². The van der Waals surface area contributed by atoms with Crippen LogP contribution in [0.4, 0.5) is 10.5 Å². The number of benzene rings is 2. The molecule has 0 radical (unpaired) electrons. The number of amides is 2. The van der Waals surface area contributed by atoms with Crippen LogP contribution in [0.15, 0.2) is 51.8 Å². The predicted octanol–water partition coefficient (Wildman–Crippen LogP) is 4.73. The highest BCUT2D eigenvalue weighted by Crippen LogP contribution is 2.38.